The third kappa shape index (κ3) is 2.60. The first-order valence-electron chi connectivity index (χ1n) is 9.91. The van der Waals surface area contributed by atoms with Crippen LogP contribution in [-0.2, 0) is 21.7 Å². The first kappa shape index (κ1) is 18.2. The predicted octanol–water partition coefficient (Wildman–Crippen LogP) is 2.91. The minimum Gasteiger partial charge on any atom is -0.352 e. The summed E-state index contributed by atoms with van der Waals surface area (Å²) in [6, 6.07) is 11.3. The minimum atomic E-state index is -1.00. The zero-order chi connectivity index (χ0) is 20.2. The highest BCUT2D eigenvalue weighted by molar-refractivity contribution is 6.09. The molecule has 2 aromatic rings. The molecule has 3 aliphatic rings. The van der Waals surface area contributed by atoms with Gasteiger partial charge in [-0.2, -0.15) is 0 Å². The van der Waals surface area contributed by atoms with Gasteiger partial charge in [0.05, 0.1) is 5.92 Å². The van der Waals surface area contributed by atoms with Crippen molar-refractivity contribution < 1.29 is 18.4 Å². The van der Waals surface area contributed by atoms with Crippen LogP contribution >= 0.6 is 0 Å². The van der Waals surface area contributed by atoms with Gasteiger partial charge in [-0.3, -0.25) is 14.5 Å². The molecule has 3 atom stereocenters. The maximum atomic E-state index is 13.5. The lowest BCUT2D eigenvalue weighted by molar-refractivity contribution is -0.137. The number of carbonyl (C=O) groups is 2. The maximum Gasteiger partial charge on any atom is 0.250 e. The smallest absolute Gasteiger partial charge is 0.250 e. The predicted molar refractivity (Wildman–Crippen MR) is 103 cm³/mol. The molecule has 3 heterocycles. The van der Waals surface area contributed by atoms with Crippen molar-refractivity contribution in [2.24, 2.45) is 5.92 Å². The van der Waals surface area contributed by atoms with E-state index in [9.17, 15) is 18.4 Å². The number of nitrogens with zero attached hydrogens (tertiary/aromatic N) is 1. The number of nitrogens with one attached hydrogen (secondary N) is 2. The fourth-order valence-electron chi connectivity index (χ4n) is 5.34. The monoisotopic (exact) mass is 397 g/mol. The molecule has 2 saturated heterocycles. The first-order chi connectivity index (χ1) is 14.0. The Bertz CT molecular complexity index is 1010. The van der Waals surface area contributed by atoms with Gasteiger partial charge < -0.3 is 10.6 Å². The molecule has 2 amide bonds. The molecule has 29 heavy (non-hydrogen) atoms. The molecule has 0 radical (unpaired) electrons. The molecule has 150 valence electrons. The van der Waals surface area contributed by atoms with E-state index in [1.54, 1.807) is 0 Å². The molecular weight excluding hydrogens is 376 g/mol. The van der Waals surface area contributed by atoms with Crippen molar-refractivity contribution in [1.82, 2.24) is 10.2 Å². The highest BCUT2D eigenvalue weighted by Gasteiger charge is 2.65. The van der Waals surface area contributed by atoms with Gasteiger partial charge in [0.15, 0.2) is 11.6 Å². The van der Waals surface area contributed by atoms with Crippen LogP contribution in [0.3, 0.4) is 0 Å². The van der Waals surface area contributed by atoms with Crippen LogP contribution in [0.2, 0.25) is 0 Å². The number of halogens is 2. The summed E-state index contributed by atoms with van der Waals surface area (Å²) in [6.45, 7) is 0.857. The lowest BCUT2D eigenvalue weighted by Crippen LogP contribution is -2.54. The van der Waals surface area contributed by atoms with Crippen LogP contribution in [0.4, 0.5) is 14.5 Å². The van der Waals surface area contributed by atoms with E-state index >= 15 is 0 Å². The number of para-hydroxylation sites is 1. The summed E-state index contributed by atoms with van der Waals surface area (Å²) >= 11 is 0. The van der Waals surface area contributed by atoms with E-state index in [2.05, 4.69) is 15.5 Å². The van der Waals surface area contributed by atoms with Crippen LogP contribution in [0, 0.1) is 17.6 Å². The second-order valence-electron chi connectivity index (χ2n) is 8.01. The van der Waals surface area contributed by atoms with Crippen LogP contribution < -0.4 is 10.6 Å². The van der Waals surface area contributed by atoms with Gasteiger partial charge in [0.2, 0.25) is 11.8 Å². The van der Waals surface area contributed by atoms with Crippen molar-refractivity contribution in [1.29, 1.82) is 0 Å². The quantitative estimate of drug-likeness (QED) is 0.837. The Kier molecular flexibility index (Phi) is 4.17. The van der Waals surface area contributed by atoms with Gasteiger partial charge in [-0.05, 0) is 49.6 Å². The minimum absolute atomic E-state index is 0.0799. The van der Waals surface area contributed by atoms with Gasteiger partial charge in [0.25, 0.3) is 0 Å². The van der Waals surface area contributed by atoms with Gasteiger partial charge in [0.1, 0.15) is 5.54 Å². The number of anilines is 1. The molecule has 5 nitrogen and oxygen atoms in total. The Labute approximate surface area is 167 Å². The third-order valence-corrected chi connectivity index (χ3v) is 6.54. The van der Waals surface area contributed by atoms with Crippen LogP contribution in [-0.4, -0.2) is 29.3 Å². The average Bonchev–Trinajstić information content (AvgIpc) is 3.37. The number of rotatable bonds is 3. The van der Waals surface area contributed by atoms with Crippen molar-refractivity contribution in [2.45, 2.75) is 37.4 Å². The van der Waals surface area contributed by atoms with Crippen LogP contribution in [0.25, 0.3) is 0 Å². The Balaban J connectivity index is 1.46. The third-order valence-electron chi connectivity index (χ3n) is 6.54. The zero-order valence-electron chi connectivity index (χ0n) is 15.8. The van der Waals surface area contributed by atoms with E-state index in [1.165, 1.54) is 6.07 Å². The molecule has 7 heteroatoms. The van der Waals surface area contributed by atoms with Gasteiger partial charge in [-0.1, -0.05) is 24.3 Å². The van der Waals surface area contributed by atoms with Crippen LogP contribution in [0.1, 0.15) is 30.4 Å². The Morgan fingerprint density at radius 2 is 2.03 bits per heavy atom. The van der Waals surface area contributed by atoms with E-state index in [1.807, 2.05) is 24.3 Å². The number of fused-ring (bicyclic) bond motifs is 4. The molecule has 1 spiro atoms. The van der Waals surface area contributed by atoms with E-state index in [4.69, 9.17) is 0 Å². The molecule has 0 aliphatic carbocycles. The van der Waals surface area contributed by atoms with Crippen molar-refractivity contribution in [2.75, 3.05) is 11.9 Å². The standard InChI is InChI=1S/C22H21F2N3O2/c23-17-8-7-13(10-18(17)24)12-25-20(28)16-11-14-4-3-9-27(14)22(16)15-5-1-2-6-19(15)26-21(22)29/h1-2,5-8,10,14,16H,3-4,9,11-12H2,(H,25,28)(H,26,29)/t14-,16-,22+/m1/s1. The number of benzene rings is 2. The molecular formula is C22H21F2N3O2. The van der Waals surface area contributed by atoms with Gasteiger partial charge >= 0.3 is 0 Å². The first-order valence-corrected chi connectivity index (χ1v) is 9.91. The molecule has 2 aromatic carbocycles. The fraction of sp³-hybridized carbons (Fsp3) is 0.364. The summed E-state index contributed by atoms with van der Waals surface area (Å²) in [4.78, 5) is 28.7. The average molecular weight is 397 g/mol. The molecule has 5 rings (SSSR count). The SMILES string of the molecule is O=C(NCc1ccc(F)c(F)c1)[C@H]1C[C@H]2CCCN2[C@]12C(=O)Nc1ccccc12. The summed E-state index contributed by atoms with van der Waals surface area (Å²) in [5.74, 6) is -2.80. The highest BCUT2D eigenvalue weighted by Crippen LogP contribution is 2.55. The normalized spacial score (nSPS) is 27.7. The second-order valence-corrected chi connectivity index (χ2v) is 8.01. The van der Waals surface area contributed by atoms with Gasteiger partial charge in [-0.25, -0.2) is 8.78 Å². The Morgan fingerprint density at radius 1 is 1.21 bits per heavy atom. The Morgan fingerprint density at radius 3 is 2.86 bits per heavy atom. The second kappa shape index (κ2) is 6.62. The largest absolute Gasteiger partial charge is 0.352 e. The van der Waals surface area contributed by atoms with Crippen molar-refractivity contribution in [3.63, 3.8) is 0 Å². The highest BCUT2D eigenvalue weighted by atomic mass is 19.2. The van der Waals surface area contributed by atoms with Gasteiger partial charge in [-0.15, -0.1) is 0 Å². The molecule has 0 aromatic heterocycles. The lowest BCUT2D eigenvalue weighted by atomic mass is 9.78. The van der Waals surface area contributed by atoms with E-state index in [0.717, 1.165) is 42.8 Å². The molecule has 0 unspecified atom stereocenters. The molecule has 0 bridgehead atoms. The topological polar surface area (TPSA) is 61.4 Å². The van der Waals surface area contributed by atoms with E-state index < -0.39 is 23.1 Å². The number of carbonyl (C=O) groups excluding carboxylic acids is 2. The molecule has 3 aliphatic heterocycles. The van der Waals surface area contributed by atoms with Crippen molar-refractivity contribution in [3.8, 4) is 0 Å². The summed E-state index contributed by atoms with van der Waals surface area (Å²) in [7, 11) is 0. The molecule has 0 saturated carbocycles. The lowest BCUT2D eigenvalue weighted by Gasteiger charge is -2.36. The number of hydrogen-bond donors (Lipinski definition) is 2. The summed E-state index contributed by atoms with van der Waals surface area (Å²) < 4.78 is 26.6. The van der Waals surface area contributed by atoms with E-state index in [-0.39, 0.29) is 24.4 Å². The summed E-state index contributed by atoms with van der Waals surface area (Å²) in [5.41, 5.74) is 1.07. The molecule has 2 fully saturated rings. The Hall–Kier alpha value is -2.80. The summed E-state index contributed by atoms with van der Waals surface area (Å²) in [6.07, 6.45) is 2.57. The number of hydrogen-bond acceptors (Lipinski definition) is 3. The van der Waals surface area contributed by atoms with Crippen molar-refractivity contribution >= 4 is 17.5 Å². The maximum absolute atomic E-state index is 13.5. The van der Waals surface area contributed by atoms with E-state index in [0.29, 0.717) is 12.0 Å². The van der Waals surface area contributed by atoms with Gasteiger partial charge in [0, 0.05) is 23.8 Å². The zero-order valence-corrected chi connectivity index (χ0v) is 15.8. The van der Waals surface area contributed by atoms with Crippen LogP contribution in [0.15, 0.2) is 42.5 Å². The fourth-order valence-corrected chi connectivity index (χ4v) is 5.34. The number of amides is 2. The van der Waals surface area contributed by atoms with Crippen LogP contribution in [0.5, 0.6) is 0 Å². The summed E-state index contributed by atoms with van der Waals surface area (Å²) in [5, 5.41) is 5.81. The van der Waals surface area contributed by atoms with Crippen molar-refractivity contribution in [3.05, 3.63) is 65.2 Å². The molecule has 2 N–H and O–H groups in total.